The average Bonchev–Trinajstić information content (AvgIpc) is 2.93. The van der Waals surface area contributed by atoms with Crippen molar-refractivity contribution in [2.24, 2.45) is 0 Å². The van der Waals surface area contributed by atoms with E-state index in [1.807, 2.05) is 44.2 Å². The maximum absolute atomic E-state index is 12.5. The summed E-state index contributed by atoms with van der Waals surface area (Å²) in [6, 6.07) is 13.1. The van der Waals surface area contributed by atoms with Crippen LogP contribution in [0.2, 0.25) is 5.02 Å². The summed E-state index contributed by atoms with van der Waals surface area (Å²) < 4.78 is 1.49. The quantitative estimate of drug-likeness (QED) is 0.750. The third kappa shape index (κ3) is 3.80. The molecule has 7 heteroatoms. The van der Waals surface area contributed by atoms with Crippen molar-refractivity contribution in [2.75, 3.05) is 11.1 Å². The number of halogens is 1. The number of aryl methyl sites for hydroxylation is 2. The van der Waals surface area contributed by atoms with Gasteiger partial charge in [-0.15, -0.1) is 5.10 Å². The second kappa shape index (κ2) is 6.94. The van der Waals surface area contributed by atoms with Gasteiger partial charge in [-0.05, 0) is 43.2 Å². The van der Waals surface area contributed by atoms with E-state index < -0.39 is 0 Å². The number of nitrogen functional groups attached to an aromatic ring is 1. The Kier molecular flexibility index (Phi) is 4.72. The molecule has 0 aliphatic carbocycles. The van der Waals surface area contributed by atoms with Crippen molar-refractivity contribution in [1.29, 1.82) is 0 Å². The number of hydrogen-bond donors (Lipinski definition) is 2. The molecule has 0 aliphatic rings. The minimum Gasteiger partial charge on any atom is -0.382 e. The first-order valence-corrected chi connectivity index (χ1v) is 8.14. The van der Waals surface area contributed by atoms with Crippen LogP contribution in [0.1, 0.15) is 27.2 Å². The van der Waals surface area contributed by atoms with Crippen LogP contribution in [-0.2, 0) is 6.54 Å². The molecule has 0 spiro atoms. The zero-order chi connectivity index (χ0) is 18.0. The largest absolute Gasteiger partial charge is 0.382 e. The van der Waals surface area contributed by atoms with E-state index in [0.29, 0.717) is 11.6 Å². The molecule has 3 N–H and O–H groups in total. The minimum absolute atomic E-state index is 0.105. The second-order valence-electron chi connectivity index (χ2n) is 5.88. The summed E-state index contributed by atoms with van der Waals surface area (Å²) in [6.45, 7) is 4.34. The van der Waals surface area contributed by atoms with Crippen molar-refractivity contribution in [2.45, 2.75) is 20.4 Å². The number of benzene rings is 2. The number of nitrogens with zero attached hydrogens (tertiary/aromatic N) is 3. The highest BCUT2D eigenvalue weighted by molar-refractivity contribution is 6.30. The Morgan fingerprint density at radius 2 is 1.92 bits per heavy atom. The monoisotopic (exact) mass is 355 g/mol. The molecule has 0 saturated heterocycles. The molecule has 0 fully saturated rings. The van der Waals surface area contributed by atoms with Gasteiger partial charge in [-0.3, -0.25) is 4.79 Å². The third-order valence-corrected chi connectivity index (χ3v) is 4.12. The maximum Gasteiger partial charge on any atom is 0.280 e. The number of rotatable bonds is 4. The number of anilines is 2. The number of hydrogen-bond acceptors (Lipinski definition) is 4. The molecular formula is C18H18ClN5O. The van der Waals surface area contributed by atoms with E-state index in [1.54, 1.807) is 12.1 Å². The van der Waals surface area contributed by atoms with Gasteiger partial charge in [0.05, 0.1) is 6.54 Å². The van der Waals surface area contributed by atoms with Crippen molar-refractivity contribution in [3.8, 4) is 0 Å². The van der Waals surface area contributed by atoms with Gasteiger partial charge in [0.2, 0.25) is 0 Å². The number of carbonyl (C=O) groups excluding carboxylic acids is 1. The predicted octanol–water partition coefficient (Wildman–Crippen LogP) is 3.43. The lowest BCUT2D eigenvalue weighted by atomic mass is 10.1. The van der Waals surface area contributed by atoms with E-state index in [2.05, 4.69) is 15.6 Å². The lowest BCUT2D eigenvalue weighted by Crippen LogP contribution is -2.16. The zero-order valence-corrected chi connectivity index (χ0v) is 14.7. The molecule has 1 heterocycles. The van der Waals surface area contributed by atoms with Gasteiger partial charge in [-0.2, -0.15) is 0 Å². The van der Waals surface area contributed by atoms with Crippen molar-refractivity contribution >= 4 is 29.0 Å². The van der Waals surface area contributed by atoms with Crippen LogP contribution in [0.4, 0.5) is 11.5 Å². The fourth-order valence-corrected chi connectivity index (χ4v) is 2.62. The van der Waals surface area contributed by atoms with Gasteiger partial charge in [0.25, 0.3) is 5.91 Å². The summed E-state index contributed by atoms with van der Waals surface area (Å²) in [5.41, 5.74) is 9.94. The normalized spacial score (nSPS) is 10.7. The SMILES string of the molecule is Cc1ccc(NC(=O)c2nnn(Cc3ccc(Cl)cc3)c2N)c(C)c1. The summed E-state index contributed by atoms with van der Waals surface area (Å²) in [6.07, 6.45) is 0. The maximum atomic E-state index is 12.5. The number of nitrogens with one attached hydrogen (secondary N) is 1. The van der Waals surface area contributed by atoms with Gasteiger partial charge in [-0.25, -0.2) is 4.68 Å². The molecule has 0 radical (unpaired) electrons. The molecule has 0 saturated carbocycles. The minimum atomic E-state index is -0.383. The average molecular weight is 356 g/mol. The molecular weight excluding hydrogens is 338 g/mol. The Bertz CT molecular complexity index is 918. The van der Waals surface area contributed by atoms with Gasteiger partial charge in [-0.1, -0.05) is 46.6 Å². The van der Waals surface area contributed by atoms with E-state index in [0.717, 1.165) is 22.4 Å². The molecule has 0 bridgehead atoms. The van der Waals surface area contributed by atoms with Crippen LogP contribution >= 0.6 is 11.6 Å². The topological polar surface area (TPSA) is 85.8 Å². The summed E-state index contributed by atoms with van der Waals surface area (Å²) in [5, 5.41) is 11.4. The fourth-order valence-electron chi connectivity index (χ4n) is 2.50. The molecule has 0 atom stereocenters. The Balaban J connectivity index is 1.77. The van der Waals surface area contributed by atoms with Gasteiger partial charge < -0.3 is 11.1 Å². The van der Waals surface area contributed by atoms with Crippen molar-refractivity contribution in [1.82, 2.24) is 15.0 Å². The first-order valence-electron chi connectivity index (χ1n) is 7.76. The molecule has 6 nitrogen and oxygen atoms in total. The van der Waals surface area contributed by atoms with Crippen LogP contribution in [-0.4, -0.2) is 20.9 Å². The van der Waals surface area contributed by atoms with Crippen LogP contribution < -0.4 is 11.1 Å². The zero-order valence-electron chi connectivity index (χ0n) is 14.0. The first-order chi connectivity index (χ1) is 11.9. The van der Waals surface area contributed by atoms with E-state index >= 15 is 0 Å². The Labute approximate surface area is 150 Å². The van der Waals surface area contributed by atoms with E-state index in [9.17, 15) is 4.79 Å². The van der Waals surface area contributed by atoms with Crippen LogP contribution in [0.15, 0.2) is 42.5 Å². The molecule has 3 rings (SSSR count). The third-order valence-electron chi connectivity index (χ3n) is 3.86. The summed E-state index contributed by atoms with van der Waals surface area (Å²) in [5.74, 6) is -0.163. The lowest BCUT2D eigenvalue weighted by molar-refractivity contribution is 0.102. The lowest BCUT2D eigenvalue weighted by Gasteiger charge is -2.08. The van der Waals surface area contributed by atoms with Gasteiger partial charge >= 0.3 is 0 Å². The van der Waals surface area contributed by atoms with E-state index in [-0.39, 0.29) is 17.4 Å². The molecule has 0 unspecified atom stereocenters. The summed E-state index contributed by atoms with van der Waals surface area (Å²) in [7, 11) is 0. The Morgan fingerprint density at radius 3 is 2.60 bits per heavy atom. The molecule has 128 valence electrons. The molecule has 25 heavy (non-hydrogen) atoms. The van der Waals surface area contributed by atoms with E-state index in [1.165, 1.54) is 4.68 Å². The smallest absolute Gasteiger partial charge is 0.280 e. The number of carbonyl (C=O) groups is 1. The van der Waals surface area contributed by atoms with Crippen LogP contribution in [0, 0.1) is 13.8 Å². The summed E-state index contributed by atoms with van der Waals surface area (Å²) in [4.78, 5) is 12.5. The first kappa shape index (κ1) is 17.0. The molecule has 0 aliphatic heterocycles. The second-order valence-corrected chi connectivity index (χ2v) is 6.32. The fraction of sp³-hybridized carbons (Fsp3) is 0.167. The van der Waals surface area contributed by atoms with Crippen LogP contribution in [0.3, 0.4) is 0 Å². The number of nitrogens with two attached hydrogens (primary N) is 1. The van der Waals surface area contributed by atoms with Crippen LogP contribution in [0.25, 0.3) is 0 Å². The van der Waals surface area contributed by atoms with Crippen molar-refractivity contribution in [3.05, 3.63) is 69.9 Å². The van der Waals surface area contributed by atoms with Crippen molar-refractivity contribution < 1.29 is 4.79 Å². The standard InChI is InChI=1S/C18H18ClN5O/c1-11-3-8-15(12(2)9-11)21-18(25)16-17(20)24(23-22-16)10-13-4-6-14(19)7-5-13/h3-9H,10,20H2,1-2H3,(H,21,25). The van der Waals surface area contributed by atoms with Crippen molar-refractivity contribution in [3.63, 3.8) is 0 Å². The van der Waals surface area contributed by atoms with Gasteiger partial charge in [0, 0.05) is 10.7 Å². The Morgan fingerprint density at radius 1 is 1.20 bits per heavy atom. The number of aromatic nitrogens is 3. The molecule has 1 amide bonds. The Hall–Kier alpha value is -2.86. The summed E-state index contributed by atoms with van der Waals surface area (Å²) >= 11 is 5.88. The van der Waals surface area contributed by atoms with Gasteiger partial charge in [0.15, 0.2) is 11.5 Å². The van der Waals surface area contributed by atoms with Gasteiger partial charge in [0.1, 0.15) is 0 Å². The highest BCUT2D eigenvalue weighted by Gasteiger charge is 2.18. The predicted molar refractivity (Wildman–Crippen MR) is 98.9 cm³/mol. The highest BCUT2D eigenvalue weighted by Crippen LogP contribution is 2.19. The van der Waals surface area contributed by atoms with Crippen LogP contribution in [0.5, 0.6) is 0 Å². The highest BCUT2D eigenvalue weighted by atomic mass is 35.5. The molecule has 3 aromatic rings. The van der Waals surface area contributed by atoms with E-state index in [4.69, 9.17) is 17.3 Å². The molecule has 1 aromatic heterocycles. The molecule has 2 aromatic carbocycles. The number of amides is 1.